The molecule has 5 nitrogen and oxygen atoms in total. The monoisotopic (exact) mass is 391 g/mol. The van der Waals surface area contributed by atoms with Crippen molar-refractivity contribution in [2.45, 2.75) is 12.8 Å². The molecular weight excluding hydrogens is 369 g/mol. The van der Waals surface area contributed by atoms with E-state index in [0.717, 1.165) is 42.4 Å². The van der Waals surface area contributed by atoms with Crippen molar-refractivity contribution in [1.82, 2.24) is 5.43 Å². The van der Waals surface area contributed by atoms with Gasteiger partial charge < -0.3 is 9.64 Å². The Labute approximate surface area is 168 Å². The molecule has 1 N–H and O–H groups in total. The minimum atomic E-state index is -0.419. The van der Waals surface area contributed by atoms with Crippen molar-refractivity contribution in [2.24, 2.45) is 5.10 Å². The highest BCUT2D eigenvalue weighted by Crippen LogP contribution is 2.26. The van der Waals surface area contributed by atoms with Crippen LogP contribution in [0.4, 0.5) is 10.1 Å². The number of amides is 1. The SMILES string of the molecule is COc1cc2ccccc2cc1C(=O)N/N=C\c1ccc(N2CCCC2)cc1F. The minimum absolute atomic E-state index is 0.318. The molecule has 0 bridgehead atoms. The summed E-state index contributed by atoms with van der Waals surface area (Å²) in [6.45, 7) is 1.91. The smallest absolute Gasteiger partial charge is 0.275 e. The van der Waals surface area contributed by atoms with Gasteiger partial charge in [-0.05, 0) is 53.9 Å². The third-order valence-corrected chi connectivity index (χ3v) is 5.14. The molecule has 1 aliphatic rings. The van der Waals surface area contributed by atoms with Gasteiger partial charge in [0.1, 0.15) is 11.6 Å². The van der Waals surface area contributed by atoms with E-state index in [-0.39, 0.29) is 5.82 Å². The van der Waals surface area contributed by atoms with Crippen LogP contribution in [0.25, 0.3) is 10.8 Å². The van der Waals surface area contributed by atoms with Crippen molar-refractivity contribution in [3.63, 3.8) is 0 Å². The quantitative estimate of drug-likeness (QED) is 0.520. The number of methoxy groups -OCH3 is 1. The molecule has 3 aromatic rings. The fraction of sp³-hybridized carbons (Fsp3) is 0.217. The van der Waals surface area contributed by atoms with E-state index in [0.29, 0.717) is 16.9 Å². The lowest BCUT2D eigenvalue weighted by Gasteiger charge is -2.17. The minimum Gasteiger partial charge on any atom is -0.496 e. The molecular formula is C23H22FN3O2. The molecule has 1 saturated heterocycles. The maximum Gasteiger partial charge on any atom is 0.275 e. The normalized spacial score (nSPS) is 13.9. The van der Waals surface area contributed by atoms with Gasteiger partial charge in [-0.3, -0.25) is 4.79 Å². The second-order valence-electron chi connectivity index (χ2n) is 7.00. The summed E-state index contributed by atoms with van der Waals surface area (Å²) in [4.78, 5) is 14.7. The molecule has 1 fully saturated rings. The Bertz CT molecular complexity index is 1070. The molecule has 4 rings (SSSR count). The third kappa shape index (κ3) is 4.06. The van der Waals surface area contributed by atoms with Crippen LogP contribution in [0, 0.1) is 5.82 Å². The number of anilines is 1. The predicted octanol–water partition coefficient (Wildman–Crippen LogP) is 4.35. The first-order valence-electron chi connectivity index (χ1n) is 9.60. The summed E-state index contributed by atoms with van der Waals surface area (Å²) >= 11 is 0. The van der Waals surface area contributed by atoms with E-state index in [2.05, 4.69) is 15.4 Å². The number of nitrogens with one attached hydrogen (secondary N) is 1. The van der Waals surface area contributed by atoms with Crippen molar-refractivity contribution < 1.29 is 13.9 Å². The van der Waals surface area contributed by atoms with E-state index in [1.807, 2.05) is 36.4 Å². The van der Waals surface area contributed by atoms with E-state index in [1.165, 1.54) is 19.4 Å². The highest BCUT2D eigenvalue weighted by atomic mass is 19.1. The summed E-state index contributed by atoms with van der Waals surface area (Å²) in [6.07, 6.45) is 3.58. The molecule has 0 unspecified atom stereocenters. The number of rotatable bonds is 5. The van der Waals surface area contributed by atoms with Gasteiger partial charge in [0.25, 0.3) is 5.91 Å². The van der Waals surface area contributed by atoms with Gasteiger partial charge in [0.2, 0.25) is 0 Å². The lowest BCUT2D eigenvalue weighted by atomic mass is 10.1. The molecule has 29 heavy (non-hydrogen) atoms. The molecule has 148 valence electrons. The molecule has 1 aliphatic heterocycles. The second-order valence-corrected chi connectivity index (χ2v) is 7.00. The molecule has 0 aliphatic carbocycles. The van der Waals surface area contributed by atoms with E-state index < -0.39 is 5.91 Å². The molecule has 0 atom stereocenters. The zero-order chi connectivity index (χ0) is 20.2. The number of hydrazone groups is 1. The summed E-state index contributed by atoms with van der Waals surface area (Å²) in [5.74, 6) is -0.328. The molecule has 1 amide bonds. The van der Waals surface area contributed by atoms with E-state index in [9.17, 15) is 9.18 Å². The van der Waals surface area contributed by atoms with Gasteiger partial charge in [-0.1, -0.05) is 24.3 Å². The Kier molecular flexibility index (Phi) is 5.42. The Morgan fingerprint density at radius 2 is 1.83 bits per heavy atom. The summed E-state index contributed by atoms with van der Waals surface area (Å²) in [5.41, 5.74) is 4.02. The molecule has 0 radical (unpaired) electrons. The lowest BCUT2D eigenvalue weighted by molar-refractivity contribution is 0.0952. The third-order valence-electron chi connectivity index (χ3n) is 5.14. The van der Waals surface area contributed by atoms with Crippen molar-refractivity contribution in [2.75, 3.05) is 25.1 Å². The van der Waals surface area contributed by atoms with Crippen LogP contribution in [0.3, 0.4) is 0 Å². The zero-order valence-corrected chi connectivity index (χ0v) is 16.2. The zero-order valence-electron chi connectivity index (χ0n) is 16.2. The number of carbonyl (C=O) groups is 1. The molecule has 3 aromatic carbocycles. The fourth-order valence-corrected chi connectivity index (χ4v) is 3.58. The Morgan fingerprint density at radius 3 is 2.52 bits per heavy atom. The summed E-state index contributed by atoms with van der Waals surface area (Å²) in [5, 5.41) is 5.83. The van der Waals surface area contributed by atoms with Crippen molar-refractivity contribution >= 4 is 28.6 Å². The van der Waals surface area contributed by atoms with Crippen LogP contribution in [-0.2, 0) is 0 Å². The van der Waals surface area contributed by atoms with Gasteiger partial charge in [0, 0.05) is 24.3 Å². The van der Waals surface area contributed by atoms with Crippen molar-refractivity contribution in [1.29, 1.82) is 0 Å². The van der Waals surface area contributed by atoms with E-state index in [4.69, 9.17) is 4.74 Å². The van der Waals surface area contributed by atoms with Gasteiger partial charge in [-0.15, -0.1) is 0 Å². The topological polar surface area (TPSA) is 53.9 Å². The average molecular weight is 391 g/mol. The Balaban J connectivity index is 1.49. The first-order valence-corrected chi connectivity index (χ1v) is 9.60. The van der Waals surface area contributed by atoms with Crippen molar-refractivity contribution in [3.8, 4) is 5.75 Å². The van der Waals surface area contributed by atoms with Crippen LogP contribution in [0.15, 0.2) is 59.7 Å². The summed E-state index contributed by atoms with van der Waals surface area (Å²) in [7, 11) is 1.52. The fourth-order valence-electron chi connectivity index (χ4n) is 3.58. The number of hydrogen-bond donors (Lipinski definition) is 1. The van der Waals surface area contributed by atoms with Gasteiger partial charge in [0.05, 0.1) is 18.9 Å². The Morgan fingerprint density at radius 1 is 1.10 bits per heavy atom. The van der Waals surface area contributed by atoms with Crippen LogP contribution in [0.5, 0.6) is 5.75 Å². The number of halogens is 1. The first kappa shape index (κ1) is 18.9. The van der Waals surface area contributed by atoms with Crippen LogP contribution < -0.4 is 15.1 Å². The average Bonchev–Trinajstić information content (AvgIpc) is 3.28. The largest absolute Gasteiger partial charge is 0.496 e. The molecule has 0 saturated carbocycles. The second kappa shape index (κ2) is 8.31. The van der Waals surface area contributed by atoms with Gasteiger partial charge >= 0.3 is 0 Å². The molecule has 0 aromatic heterocycles. The van der Waals surface area contributed by atoms with Gasteiger partial charge in [-0.2, -0.15) is 5.10 Å². The summed E-state index contributed by atoms with van der Waals surface area (Å²) in [6, 6.07) is 16.3. The summed E-state index contributed by atoms with van der Waals surface area (Å²) < 4.78 is 19.7. The first-order chi connectivity index (χ1) is 14.2. The van der Waals surface area contributed by atoms with E-state index in [1.54, 1.807) is 12.1 Å². The number of fused-ring (bicyclic) bond motifs is 1. The number of hydrogen-bond acceptors (Lipinski definition) is 4. The number of benzene rings is 3. The highest BCUT2D eigenvalue weighted by molar-refractivity contribution is 6.02. The van der Waals surface area contributed by atoms with Crippen LogP contribution >= 0.6 is 0 Å². The van der Waals surface area contributed by atoms with E-state index >= 15 is 0 Å². The predicted molar refractivity (Wildman–Crippen MR) is 113 cm³/mol. The lowest BCUT2D eigenvalue weighted by Crippen LogP contribution is -2.19. The maximum absolute atomic E-state index is 14.4. The van der Waals surface area contributed by atoms with Gasteiger partial charge in [0.15, 0.2) is 0 Å². The van der Waals surface area contributed by atoms with Crippen LogP contribution in [0.2, 0.25) is 0 Å². The van der Waals surface area contributed by atoms with Crippen LogP contribution in [0.1, 0.15) is 28.8 Å². The van der Waals surface area contributed by atoms with Gasteiger partial charge in [-0.25, -0.2) is 9.82 Å². The maximum atomic E-state index is 14.4. The number of ether oxygens (including phenoxy) is 1. The Hall–Kier alpha value is -3.41. The van der Waals surface area contributed by atoms with Crippen LogP contribution in [-0.4, -0.2) is 32.3 Å². The number of carbonyl (C=O) groups excluding carboxylic acids is 1. The molecule has 0 spiro atoms. The molecule has 6 heteroatoms. The standard InChI is InChI=1S/C23H22FN3O2/c1-29-22-13-17-7-3-2-6-16(17)12-20(22)23(28)26-25-15-18-8-9-19(14-21(18)24)27-10-4-5-11-27/h2-3,6-9,12-15H,4-5,10-11H2,1H3,(H,26,28)/b25-15-. The molecule has 1 heterocycles. The highest BCUT2D eigenvalue weighted by Gasteiger charge is 2.15. The van der Waals surface area contributed by atoms with Crippen molar-refractivity contribution in [3.05, 3.63) is 71.5 Å². The number of nitrogens with zero attached hydrogens (tertiary/aromatic N) is 2.